The van der Waals surface area contributed by atoms with Gasteiger partial charge in [-0.15, -0.1) is 11.3 Å². The lowest BCUT2D eigenvalue weighted by Crippen LogP contribution is -2.41. The van der Waals surface area contributed by atoms with Crippen LogP contribution in [-0.2, 0) is 6.54 Å². The van der Waals surface area contributed by atoms with Crippen LogP contribution in [0.5, 0.6) is 0 Å². The van der Waals surface area contributed by atoms with Gasteiger partial charge in [0.1, 0.15) is 16.9 Å². The lowest BCUT2D eigenvalue weighted by atomic mass is 10.1. The highest BCUT2D eigenvalue weighted by atomic mass is 32.1. The normalized spacial score (nSPS) is 13.6. The van der Waals surface area contributed by atoms with Gasteiger partial charge in [-0.2, -0.15) is 0 Å². The molecule has 6 nitrogen and oxygen atoms in total. The number of benzene rings is 1. The Labute approximate surface area is 143 Å². The van der Waals surface area contributed by atoms with E-state index >= 15 is 0 Å². The minimum Gasteiger partial charge on any atom is -0.467 e. The predicted octanol–water partition coefficient (Wildman–Crippen LogP) is 3.20. The first kappa shape index (κ1) is 16.5. The SMILES string of the molecule is C[C@@H](C[C@H](O)c1ccco1)NC(=O)NCc1nc2ccccc2s1. The Hall–Kier alpha value is -2.38. The van der Waals surface area contributed by atoms with E-state index in [0.717, 1.165) is 15.2 Å². The highest BCUT2D eigenvalue weighted by molar-refractivity contribution is 7.18. The number of fused-ring (bicyclic) bond motifs is 1. The molecule has 0 saturated heterocycles. The van der Waals surface area contributed by atoms with Gasteiger partial charge in [-0.25, -0.2) is 9.78 Å². The second kappa shape index (κ2) is 7.46. The third kappa shape index (κ3) is 4.12. The van der Waals surface area contributed by atoms with Gasteiger partial charge in [-0.1, -0.05) is 12.1 Å². The molecule has 2 heterocycles. The van der Waals surface area contributed by atoms with Gasteiger partial charge in [0.25, 0.3) is 0 Å². The average molecular weight is 345 g/mol. The van der Waals surface area contributed by atoms with Crippen LogP contribution in [-0.4, -0.2) is 22.2 Å². The first-order chi connectivity index (χ1) is 11.6. The second-order valence-electron chi connectivity index (χ2n) is 5.57. The van der Waals surface area contributed by atoms with Crippen molar-refractivity contribution in [3.63, 3.8) is 0 Å². The highest BCUT2D eigenvalue weighted by Crippen LogP contribution is 2.21. The average Bonchev–Trinajstić information content (AvgIpc) is 3.21. The lowest BCUT2D eigenvalue weighted by Gasteiger charge is -2.16. The van der Waals surface area contributed by atoms with Crippen LogP contribution in [0, 0.1) is 0 Å². The van der Waals surface area contributed by atoms with Crippen molar-refractivity contribution in [1.29, 1.82) is 0 Å². The monoisotopic (exact) mass is 345 g/mol. The summed E-state index contributed by atoms with van der Waals surface area (Å²) < 4.78 is 6.25. The van der Waals surface area contributed by atoms with Crippen LogP contribution in [0.2, 0.25) is 0 Å². The number of aromatic nitrogens is 1. The van der Waals surface area contributed by atoms with Crippen LogP contribution in [0.4, 0.5) is 4.79 Å². The van der Waals surface area contributed by atoms with Crippen LogP contribution >= 0.6 is 11.3 Å². The van der Waals surface area contributed by atoms with Crippen molar-refractivity contribution in [3.05, 3.63) is 53.4 Å². The molecule has 3 rings (SSSR count). The van der Waals surface area contributed by atoms with E-state index in [1.54, 1.807) is 23.5 Å². The first-order valence-electron chi connectivity index (χ1n) is 7.72. The fourth-order valence-corrected chi connectivity index (χ4v) is 3.32. The van der Waals surface area contributed by atoms with Crippen molar-refractivity contribution in [2.45, 2.75) is 32.0 Å². The Bertz CT molecular complexity index is 767. The number of nitrogens with one attached hydrogen (secondary N) is 2. The Balaban J connectivity index is 1.46. The van der Waals surface area contributed by atoms with E-state index in [0.29, 0.717) is 18.7 Å². The molecule has 0 unspecified atom stereocenters. The molecule has 0 aliphatic rings. The number of nitrogens with zero attached hydrogens (tertiary/aromatic N) is 1. The molecule has 24 heavy (non-hydrogen) atoms. The molecule has 0 aliphatic heterocycles. The molecule has 3 N–H and O–H groups in total. The number of hydrogen-bond acceptors (Lipinski definition) is 5. The van der Waals surface area contributed by atoms with Crippen molar-refractivity contribution >= 4 is 27.6 Å². The van der Waals surface area contributed by atoms with Crippen molar-refractivity contribution < 1.29 is 14.3 Å². The fraction of sp³-hybridized carbons (Fsp3) is 0.294. The van der Waals surface area contributed by atoms with Gasteiger partial charge in [0, 0.05) is 12.5 Å². The summed E-state index contributed by atoms with van der Waals surface area (Å²) in [6.07, 6.45) is 1.16. The highest BCUT2D eigenvalue weighted by Gasteiger charge is 2.16. The molecule has 0 saturated carbocycles. The molecule has 3 aromatic rings. The van der Waals surface area contributed by atoms with Gasteiger partial charge >= 0.3 is 6.03 Å². The van der Waals surface area contributed by atoms with Gasteiger partial charge in [0.2, 0.25) is 0 Å². The molecule has 0 aliphatic carbocycles. The smallest absolute Gasteiger partial charge is 0.315 e. The number of hydrogen-bond donors (Lipinski definition) is 3. The van der Waals surface area contributed by atoms with Crippen LogP contribution in [0.1, 0.15) is 30.2 Å². The molecule has 2 aromatic heterocycles. The molecule has 0 radical (unpaired) electrons. The van der Waals surface area contributed by atoms with E-state index < -0.39 is 6.10 Å². The van der Waals surface area contributed by atoms with E-state index in [1.165, 1.54) is 6.26 Å². The lowest BCUT2D eigenvalue weighted by molar-refractivity contribution is 0.129. The summed E-state index contributed by atoms with van der Waals surface area (Å²) in [5, 5.41) is 16.5. The molecule has 0 bridgehead atoms. The zero-order chi connectivity index (χ0) is 16.9. The third-order valence-electron chi connectivity index (χ3n) is 3.56. The number of thiazole rings is 1. The number of rotatable bonds is 6. The first-order valence-corrected chi connectivity index (χ1v) is 8.54. The van der Waals surface area contributed by atoms with Crippen molar-refractivity contribution in [2.75, 3.05) is 0 Å². The van der Waals surface area contributed by atoms with Crippen LogP contribution in [0.25, 0.3) is 10.2 Å². The quantitative estimate of drug-likeness (QED) is 0.640. The van der Waals surface area contributed by atoms with Crippen LogP contribution in [0.3, 0.4) is 0 Å². The van der Waals surface area contributed by atoms with Gasteiger partial charge in [0.05, 0.1) is 23.0 Å². The van der Waals surface area contributed by atoms with Crippen LogP contribution < -0.4 is 10.6 Å². The topological polar surface area (TPSA) is 87.4 Å². The molecule has 126 valence electrons. The number of carbonyl (C=O) groups is 1. The molecule has 0 fully saturated rings. The Morgan fingerprint density at radius 1 is 1.33 bits per heavy atom. The number of furan rings is 1. The standard InChI is InChI=1S/C17H19N3O3S/c1-11(9-13(21)14-6-4-8-23-14)19-17(22)18-10-16-20-12-5-2-3-7-15(12)24-16/h2-8,11,13,21H,9-10H2,1H3,(H2,18,19,22)/t11-,13-/m0/s1. The van der Waals surface area contributed by atoms with Gasteiger partial charge in [-0.3, -0.25) is 0 Å². The number of urea groups is 1. The summed E-state index contributed by atoms with van der Waals surface area (Å²) in [5.74, 6) is 0.499. The predicted molar refractivity (Wildman–Crippen MR) is 92.7 cm³/mol. The third-order valence-corrected chi connectivity index (χ3v) is 4.60. The molecule has 7 heteroatoms. The zero-order valence-electron chi connectivity index (χ0n) is 13.2. The van der Waals surface area contributed by atoms with Gasteiger partial charge in [0.15, 0.2) is 0 Å². The largest absolute Gasteiger partial charge is 0.467 e. The summed E-state index contributed by atoms with van der Waals surface area (Å²) in [5.41, 5.74) is 0.939. The fourth-order valence-electron chi connectivity index (χ4n) is 2.42. The maximum Gasteiger partial charge on any atom is 0.315 e. The van der Waals surface area contributed by atoms with E-state index in [2.05, 4.69) is 15.6 Å². The minimum absolute atomic E-state index is 0.194. The Morgan fingerprint density at radius 3 is 2.92 bits per heavy atom. The van der Waals surface area contributed by atoms with Crippen molar-refractivity contribution in [1.82, 2.24) is 15.6 Å². The molecular weight excluding hydrogens is 326 g/mol. The summed E-state index contributed by atoms with van der Waals surface area (Å²) in [7, 11) is 0. The van der Waals surface area contributed by atoms with Crippen molar-refractivity contribution in [3.8, 4) is 0 Å². The van der Waals surface area contributed by atoms with E-state index in [-0.39, 0.29) is 12.1 Å². The van der Waals surface area contributed by atoms with Crippen molar-refractivity contribution in [2.24, 2.45) is 0 Å². The molecule has 0 spiro atoms. The molecule has 2 atom stereocenters. The summed E-state index contributed by atoms with van der Waals surface area (Å²) in [4.78, 5) is 16.4. The summed E-state index contributed by atoms with van der Waals surface area (Å²) in [6.45, 7) is 2.21. The van der Waals surface area contributed by atoms with Gasteiger partial charge in [-0.05, 0) is 31.2 Å². The summed E-state index contributed by atoms with van der Waals surface area (Å²) in [6, 6.07) is 10.8. The molecule has 2 amide bonds. The van der Waals surface area contributed by atoms with Gasteiger partial charge < -0.3 is 20.2 Å². The zero-order valence-corrected chi connectivity index (χ0v) is 14.0. The summed E-state index contributed by atoms with van der Waals surface area (Å²) >= 11 is 1.56. The number of para-hydroxylation sites is 1. The Kier molecular flexibility index (Phi) is 5.12. The van der Waals surface area contributed by atoms with E-state index in [1.807, 2.05) is 31.2 Å². The number of aliphatic hydroxyl groups is 1. The number of aliphatic hydroxyl groups excluding tert-OH is 1. The maximum atomic E-state index is 12.0. The van der Waals surface area contributed by atoms with E-state index in [9.17, 15) is 9.90 Å². The molecule has 1 aromatic carbocycles. The Morgan fingerprint density at radius 2 is 2.17 bits per heavy atom. The second-order valence-corrected chi connectivity index (χ2v) is 6.69. The minimum atomic E-state index is -0.737. The number of amides is 2. The number of carbonyl (C=O) groups excluding carboxylic acids is 1. The van der Waals surface area contributed by atoms with Crippen LogP contribution in [0.15, 0.2) is 47.1 Å². The molecular formula is C17H19N3O3S. The van der Waals surface area contributed by atoms with E-state index in [4.69, 9.17) is 4.42 Å². The maximum absolute atomic E-state index is 12.0.